The van der Waals surface area contributed by atoms with Crippen molar-refractivity contribution in [3.05, 3.63) is 46.5 Å². The van der Waals surface area contributed by atoms with Gasteiger partial charge in [0.05, 0.1) is 4.92 Å². The fraction of sp³-hybridized carbons (Fsp3) is 0.0833. The molecule has 0 bridgehead atoms. The Morgan fingerprint density at radius 2 is 2.19 bits per heavy atom. The molecule has 0 fully saturated rings. The molecule has 0 aliphatic carbocycles. The fourth-order valence-corrected chi connectivity index (χ4v) is 1.81. The molecule has 0 aliphatic heterocycles. The molecule has 1 aromatic carbocycles. The number of ether oxygens (including phenoxy) is 1. The summed E-state index contributed by atoms with van der Waals surface area (Å²) in [6.45, 7) is 1.66. The summed E-state index contributed by atoms with van der Waals surface area (Å²) in [6, 6.07) is 4.14. The van der Waals surface area contributed by atoms with Crippen LogP contribution in [0.2, 0.25) is 0 Å². The average Bonchev–Trinajstić information content (AvgIpc) is 2.93. The second kappa shape index (κ2) is 4.71. The van der Waals surface area contributed by atoms with E-state index in [1.807, 2.05) is 0 Å². The van der Waals surface area contributed by atoms with Gasteiger partial charge in [0, 0.05) is 12.1 Å². The minimum absolute atomic E-state index is 0.0371. The van der Waals surface area contributed by atoms with Crippen molar-refractivity contribution in [2.75, 3.05) is 0 Å². The Morgan fingerprint density at radius 1 is 1.38 bits per heavy atom. The summed E-state index contributed by atoms with van der Waals surface area (Å²) in [4.78, 5) is 14.1. The van der Waals surface area contributed by atoms with Gasteiger partial charge in [0.2, 0.25) is 11.4 Å². The molecule has 0 unspecified atom stereocenters. The normalized spacial score (nSPS) is 10.7. The molecule has 0 aliphatic rings. The number of non-ortho nitro benzene ring substituents is 1. The number of hydrogen-bond donors (Lipinski definition) is 1. The minimum atomic E-state index is -0.491. The zero-order valence-corrected chi connectivity index (χ0v) is 10.8. The first-order valence-corrected chi connectivity index (χ1v) is 5.86. The van der Waals surface area contributed by atoms with Crippen LogP contribution in [0.25, 0.3) is 5.65 Å². The van der Waals surface area contributed by atoms with Crippen molar-refractivity contribution < 1.29 is 14.8 Å². The third-order valence-corrected chi connectivity index (χ3v) is 2.86. The van der Waals surface area contributed by atoms with Gasteiger partial charge in [-0.25, -0.2) is 0 Å². The van der Waals surface area contributed by atoms with E-state index in [9.17, 15) is 15.2 Å². The molecule has 3 aromatic rings. The number of hydrogen-bond acceptors (Lipinski definition) is 7. The summed E-state index contributed by atoms with van der Waals surface area (Å²) < 4.78 is 6.92. The standard InChI is InChI=1S/C12H9N5O4/c1-7-4-8(17(19)20)2-3-9(7)21-12-10(18)11-15-14-6-16(11)5-13-12/h2-6,18H,1H3. The number of rotatable bonds is 3. The quantitative estimate of drug-likeness (QED) is 0.577. The Balaban J connectivity index is 1.98. The van der Waals surface area contributed by atoms with E-state index in [0.29, 0.717) is 11.3 Å². The molecule has 0 atom stereocenters. The molecule has 1 N–H and O–H groups in total. The van der Waals surface area contributed by atoms with Crippen molar-refractivity contribution in [1.82, 2.24) is 19.6 Å². The van der Waals surface area contributed by atoms with Gasteiger partial charge in [0.1, 0.15) is 18.4 Å². The molecule has 0 amide bonds. The lowest BCUT2D eigenvalue weighted by molar-refractivity contribution is -0.384. The van der Waals surface area contributed by atoms with Crippen molar-refractivity contribution >= 4 is 11.3 Å². The van der Waals surface area contributed by atoms with E-state index in [0.717, 1.165) is 0 Å². The van der Waals surface area contributed by atoms with Crippen LogP contribution in [0.4, 0.5) is 5.69 Å². The highest BCUT2D eigenvalue weighted by Crippen LogP contribution is 2.33. The van der Waals surface area contributed by atoms with Crippen molar-refractivity contribution in [2.45, 2.75) is 6.92 Å². The Bertz CT molecular complexity index is 845. The van der Waals surface area contributed by atoms with Gasteiger partial charge in [0.25, 0.3) is 11.6 Å². The first-order valence-electron chi connectivity index (χ1n) is 5.86. The zero-order chi connectivity index (χ0) is 15.0. The highest BCUT2D eigenvalue weighted by Gasteiger charge is 2.15. The van der Waals surface area contributed by atoms with E-state index < -0.39 is 4.92 Å². The summed E-state index contributed by atoms with van der Waals surface area (Å²) in [5, 5.41) is 28.1. The van der Waals surface area contributed by atoms with Gasteiger partial charge < -0.3 is 9.84 Å². The Morgan fingerprint density at radius 3 is 2.90 bits per heavy atom. The van der Waals surface area contributed by atoms with Crippen LogP contribution in [-0.4, -0.2) is 29.6 Å². The summed E-state index contributed by atoms with van der Waals surface area (Å²) in [7, 11) is 0. The predicted octanol–water partition coefficient (Wildman–Crippen LogP) is 1.84. The lowest BCUT2D eigenvalue weighted by atomic mass is 10.2. The number of aromatic nitrogens is 4. The van der Waals surface area contributed by atoms with Crippen LogP contribution in [0.3, 0.4) is 0 Å². The van der Waals surface area contributed by atoms with Crippen LogP contribution >= 0.6 is 0 Å². The van der Waals surface area contributed by atoms with Gasteiger partial charge in [0.15, 0.2) is 0 Å². The van der Waals surface area contributed by atoms with E-state index in [2.05, 4.69) is 15.2 Å². The fourth-order valence-electron chi connectivity index (χ4n) is 1.81. The van der Waals surface area contributed by atoms with E-state index in [1.165, 1.54) is 35.3 Å². The smallest absolute Gasteiger partial charge is 0.269 e. The second-order valence-corrected chi connectivity index (χ2v) is 4.27. The van der Waals surface area contributed by atoms with Gasteiger partial charge in [-0.15, -0.1) is 10.2 Å². The van der Waals surface area contributed by atoms with Crippen LogP contribution in [0.1, 0.15) is 5.56 Å². The molecule has 21 heavy (non-hydrogen) atoms. The van der Waals surface area contributed by atoms with E-state index in [4.69, 9.17) is 4.74 Å². The van der Waals surface area contributed by atoms with Crippen molar-refractivity contribution in [3.63, 3.8) is 0 Å². The van der Waals surface area contributed by atoms with Crippen molar-refractivity contribution in [1.29, 1.82) is 0 Å². The maximum atomic E-state index is 10.7. The number of fused-ring (bicyclic) bond motifs is 1. The topological polar surface area (TPSA) is 116 Å². The summed E-state index contributed by atoms with van der Waals surface area (Å²) in [6.07, 6.45) is 2.79. The minimum Gasteiger partial charge on any atom is -0.500 e. The molecule has 0 spiro atoms. The lowest BCUT2D eigenvalue weighted by Gasteiger charge is -2.09. The molecule has 2 aromatic heterocycles. The molecule has 9 nitrogen and oxygen atoms in total. The van der Waals surface area contributed by atoms with Gasteiger partial charge in [-0.2, -0.15) is 4.98 Å². The summed E-state index contributed by atoms with van der Waals surface area (Å²) in [5.74, 6) is 0.0486. The van der Waals surface area contributed by atoms with Crippen LogP contribution in [0.15, 0.2) is 30.9 Å². The number of aryl methyl sites for hydroxylation is 1. The van der Waals surface area contributed by atoms with Crippen molar-refractivity contribution in [2.24, 2.45) is 0 Å². The molecule has 2 heterocycles. The SMILES string of the molecule is Cc1cc([N+](=O)[O-])ccc1Oc1ncn2cnnc2c1O. The lowest BCUT2D eigenvalue weighted by Crippen LogP contribution is -1.95. The number of nitro benzene ring substituents is 1. The number of nitro groups is 1. The Hall–Kier alpha value is -3.23. The predicted molar refractivity (Wildman–Crippen MR) is 70.4 cm³/mol. The zero-order valence-electron chi connectivity index (χ0n) is 10.8. The highest BCUT2D eigenvalue weighted by molar-refractivity contribution is 5.57. The Labute approximate surface area is 117 Å². The molecule has 0 saturated heterocycles. The van der Waals surface area contributed by atoms with Crippen LogP contribution in [0.5, 0.6) is 17.4 Å². The van der Waals surface area contributed by atoms with Crippen LogP contribution in [0, 0.1) is 17.0 Å². The maximum absolute atomic E-state index is 10.7. The van der Waals surface area contributed by atoms with E-state index in [-0.39, 0.29) is 23.0 Å². The number of benzene rings is 1. The second-order valence-electron chi connectivity index (χ2n) is 4.27. The van der Waals surface area contributed by atoms with Crippen LogP contribution in [-0.2, 0) is 0 Å². The molecule has 0 radical (unpaired) electrons. The molecular formula is C12H9N5O4. The first kappa shape index (κ1) is 12.8. The largest absolute Gasteiger partial charge is 0.500 e. The molecule has 9 heteroatoms. The average molecular weight is 287 g/mol. The third kappa shape index (κ3) is 2.20. The molecule has 3 rings (SSSR count). The monoisotopic (exact) mass is 287 g/mol. The van der Waals surface area contributed by atoms with Gasteiger partial charge in [-0.3, -0.25) is 14.5 Å². The maximum Gasteiger partial charge on any atom is 0.269 e. The Kier molecular flexibility index (Phi) is 2.87. The first-order chi connectivity index (χ1) is 10.1. The highest BCUT2D eigenvalue weighted by atomic mass is 16.6. The van der Waals surface area contributed by atoms with E-state index >= 15 is 0 Å². The summed E-state index contributed by atoms with van der Waals surface area (Å²) >= 11 is 0. The summed E-state index contributed by atoms with van der Waals surface area (Å²) in [5.41, 5.74) is 0.719. The third-order valence-electron chi connectivity index (χ3n) is 2.86. The van der Waals surface area contributed by atoms with E-state index in [1.54, 1.807) is 6.92 Å². The van der Waals surface area contributed by atoms with Crippen molar-refractivity contribution in [3.8, 4) is 17.4 Å². The van der Waals surface area contributed by atoms with Gasteiger partial charge >= 0.3 is 0 Å². The number of aromatic hydroxyl groups is 1. The molecular weight excluding hydrogens is 278 g/mol. The molecule has 106 valence electrons. The number of nitrogens with zero attached hydrogens (tertiary/aromatic N) is 5. The van der Waals surface area contributed by atoms with Gasteiger partial charge in [-0.05, 0) is 18.6 Å². The molecule has 0 saturated carbocycles. The van der Waals surface area contributed by atoms with Crippen LogP contribution < -0.4 is 4.74 Å². The van der Waals surface area contributed by atoms with Gasteiger partial charge in [-0.1, -0.05) is 0 Å².